The summed E-state index contributed by atoms with van der Waals surface area (Å²) in [5.41, 5.74) is 0.925. The summed E-state index contributed by atoms with van der Waals surface area (Å²) in [6.07, 6.45) is 0. The van der Waals surface area contributed by atoms with E-state index in [1.54, 1.807) is 25.1 Å². The summed E-state index contributed by atoms with van der Waals surface area (Å²) in [6, 6.07) is 7.60. The Morgan fingerprint density at radius 1 is 0.966 bits per heavy atom. The van der Waals surface area contributed by atoms with Gasteiger partial charge in [0.05, 0.1) is 43.0 Å². The van der Waals surface area contributed by atoms with Crippen LogP contribution in [0.5, 0.6) is 17.2 Å². The van der Waals surface area contributed by atoms with E-state index in [1.807, 2.05) is 0 Å². The molecule has 0 aromatic heterocycles. The maximum absolute atomic E-state index is 12.3. The number of esters is 1. The van der Waals surface area contributed by atoms with Crippen LogP contribution in [0, 0.1) is 0 Å². The van der Waals surface area contributed by atoms with Gasteiger partial charge in [0, 0.05) is 0 Å². The van der Waals surface area contributed by atoms with Crippen LogP contribution in [0.3, 0.4) is 0 Å². The molecule has 0 heterocycles. The van der Waals surface area contributed by atoms with Gasteiger partial charge in [0.15, 0.2) is 18.1 Å². The van der Waals surface area contributed by atoms with E-state index in [4.69, 9.17) is 42.1 Å². The lowest BCUT2D eigenvalue weighted by atomic mass is 10.1. The summed E-state index contributed by atoms with van der Waals surface area (Å²) in [7, 11) is 4.33. The predicted octanol–water partition coefficient (Wildman–Crippen LogP) is 4.05. The average molecular weight is 442 g/mol. The molecule has 1 N–H and O–H groups in total. The van der Waals surface area contributed by atoms with Gasteiger partial charge in [-0.3, -0.25) is 4.79 Å². The van der Waals surface area contributed by atoms with Gasteiger partial charge >= 0.3 is 5.97 Å². The highest BCUT2D eigenvalue weighted by Gasteiger charge is 2.19. The topological polar surface area (TPSA) is 83.1 Å². The molecule has 0 saturated heterocycles. The third-order valence-corrected chi connectivity index (χ3v) is 4.79. The van der Waals surface area contributed by atoms with E-state index >= 15 is 0 Å². The van der Waals surface area contributed by atoms with Crippen LogP contribution in [-0.2, 0) is 9.53 Å². The van der Waals surface area contributed by atoms with Gasteiger partial charge in [-0.05, 0) is 36.8 Å². The summed E-state index contributed by atoms with van der Waals surface area (Å²) < 4.78 is 20.7. The standard InChI is InChI=1S/C20H21Cl2NO6/c1-11(12-5-6-14(21)15(22)7-12)23-18(24)10-29-20(25)13-8-16(26-2)19(28-4)17(9-13)27-3/h5-9,11H,10H2,1-4H3,(H,23,24). The molecule has 0 spiro atoms. The lowest BCUT2D eigenvalue weighted by Gasteiger charge is -2.16. The van der Waals surface area contributed by atoms with Crippen molar-refractivity contribution in [3.63, 3.8) is 0 Å². The van der Waals surface area contributed by atoms with Gasteiger partial charge in [0.25, 0.3) is 5.91 Å². The zero-order valence-corrected chi connectivity index (χ0v) is 17.9. The van der Waals surface area contributed by atoms with Crippen LogP contribution < -0.4 is 19.5 Å². The largest absolute Gasteiger partial charge is 0.493 e. The Kier molecular flexibility index (Phi) is 7.99. The Morgan fingerprint density at radius 2 is 1.59 bits per heavy atom. The predicted molar refractivity (Wildman–Crippen MR) is 109 cm³/mol. The quantitative estimate of drug-likeness (QED) is 0.621. The third-order valence-electron chi connectivity index (χ3n) is 4.06. The Bertz CT molecular complexity index is 878. The van der Waals surface area contributed by atoms with Gasteiger partial charge in [-0.25, -0.2) is 4.79 Å². The summed E-state index contributed by atoms with van der Waals surface area (Å²) >= 11 is 11.9. The van der Waals surface area contributed by atoms with E-state index in [0.29, 0.717) is 27.3 Å². The zero-order chi connectivity index (χ0) is 21.6. The van der Waals surface area contributed by atoms with Crippen molar-refractivity contribution in [3.8, 4) is 17.2 Å². The second kappa shape index (κ2) is 10.2. The van der Waals surface area contributed by atoms with Crippen LogP contribution in [0.2, 0.25) is 10.0 Å². The van der Waals surface area contributed by atoms with E-state index in [9.17, 15) is 9.59 Å². The molecule has 0 radical (unpaired) electrons. The highest BCUT2D eigenvalue weighted by molar-refractivity contribution is 6.42. The van der Waals surface area contributed by atoms with Crippen LogP contribution in [0.1, 0.15) is 28.9 Å². The molecule has 0 fully saturated rings. The SMILES string of the molecule is COc1cc(C(=O)OCC(=O)NC(C)c2ccc(Cl)c(Cl)c2)cc(OC)c1OC. The number of carbonyl (C=O) groups is 2. The molecule has 0 aliphatic carbocycles. The first-order valence-electron chi connectivity index (χ1n) is 8.52. The molecule has 2 rings (SSSR count). The van der Waals surface area contributed by atoms with Gasteiger partial charge in [-0.2, -0.15) is 0 Å². The van der Waals surface area contributed by atoms with Crippen molar-refractivity contribution in [1.29, 1.82) is 0 Å². The molecule has 2 aromatic rings. The lowest BCUT2D eigenvalue weighted by Crippen LogP contribution is -2.31. The number of rotatable bonds is 8. The summed E-state index contributed by atoms with van der Waals surface area (Å²) in [4.78, 5) is 24.5. The van der Waals surface area contributed by atoms with E-state index in [-0.39, 0.29) is 11.6 Å². The zero-order valence-electron chi connectivity index (χ0n) is 16.4. The highest BCUT2D eigenvalue weighted by atomic mass is 35.5. The average Bonchev–Trinajstić information content (AvgIpc) is 2.72. The van der Waals surface area contributed by atoms with Crippen molar-refractivity contribution in [1.82, 2.24) is 5.32 Å². The second-order valence-electron chi connectivity index (χ2n) is 5.95. The molecule has 0 bridgehead atoms. The van der Waals surface area contributed by atoms with Gasteiger partial charge in [0.2, 0.25) is 5.75 Å². The normalized spacial score (nSPS) is 11.4. The minimum absolute atomic E-state index is 0.157. The molecule has 7 nitrogen and oxygen atoms in total. The molecule has 29 heavy (non-hydrogen) atoms. The van der Waals surface area contributed by atoms with Crippen LogP contribution in [0.4, 0.5) is 0 Å². The number of methoxy groups -OCH3 is 3. The van der Waals surface area contributed by atoms with Crippen molar-refractivity contribution >= 4 is 35.1 Å². The maximum atomic E-state index is 12.3. The van der Waals surface area contributed by atoms with Crippen molar-refractivity contribution in [2.24, 2.45) is 0 Å². The molecule has 1 unspecified atom stereocenters. The Balaban J connectivity index is 2.01. The molecule has 0 aliphatic heterocycles. The van der Waals surface area contributed by atoms with Crippen molar-refractivity contribution in [2.45, 2.75) is 13.0 Å². The van der Waals surface area contributed by atoms with Crippen LogP contribution in [0.25, 0.3) is 0 Å². The Morgan fingerprint density at radius 3 is 2.10 bits per heavy atom. The van der Waals surface area contributed by atoms with Crippen LogP contribution >= 0.6 is 23.2 Å². The molecule has 9 heteroatoms. The first-order valence-corrected chi connectivity index (χ1v) is 9.27. The van der Waals surface area contributed by atoms with E-state index in [2.05, 4.69) is 5.32 Å². The highest BCUT2D eigenvalue weighted by Crippen LogP contribution is 2.38. The summed E-state index contributed by atoms with van der Waals surface area (Å²) in [6.45, 7) is 1.32. The van der Waals surface area contributed by atoms with Crippen molar-refractivity contribution in [3.05, 3.63) is 51.5 Å². The number of carbonyl (C=O) groups excluding carboxylic acids is 2. The minimum atomic E-state index is -0.707. The molecule has 1 amide bonds. The summed E-state index contributed by atoms with van der Waals surface area (Å²) in [5.74, 6) is -0.223. The fourth-order valence-electron chi connectivity index (χ4n) is 2.56. The molecule has 1 atom stereocenters. The number of hydrogen-bond donors (Lipinski definition) is 1. The first kappa shape index (κ1) is 22.6. The number of benzene rings is 2. The lowest BCUT2D eigenvalue weighted by molar-refractivity contribution is -0.124. The van der Waals surface area contributed by atoms with Crippen LogP contribution in [-0.4, -0.2) is 39.8 Å². The molecule has 0 aliphatic rings. The number of amides is 1. The smallest absolute Gasteiger partial charge is 0.338 e. The molecular weight excluding hydrogens is 421 g/mol. The van der Waals surface area contributed by atoms with Crippen LogP contribution in [0.15, 0.2) is 30.3 Å². The molecule has 0 saturated carbocycles. The monoisotopic (exact) mass is 441 g/mol. The van der Waals surface area contributed by atoms with Gasteiger partial charge < -0.3 is 24.3 Å². The Labute approximate surface area is 178 Å². The molecule has 2 aromatic carbocycles. The van der Waals surface area contributed by atoms with E-state index in [0.717, 1.165) is 5.56 Å². The number of hydrogen-bond acceptors (Lipinski definition) is 6. The second-order valence-corrected chi connectivity index (χ2v) is 6.77. The van der Waals surface area contributed by atoms with E-state index in [1.165, 1.54) is 33.5 Å². The van der Waals surface area contributed by atoms with Gasteiger partial charge in [-0.1, -0.05) is 29.3 Å². The minimum Gasteiger partial charge on any atom is -0.493 e. The third kappa shape index (κ3) is 5.68. The molecule has 156 valence electrons. The van der Waals surface area contributed by atoms with Crippen molar-refractivity contribution in [2.75, 3.05) is 27.9 Å². The van der Waals surface area contributed by atoms with Gasteiger partial charge in [-0.15, -0.1) is 0 Å². The fraction of sp³-hybridized carbons (Fsp3) is 0.300. The molecular formula is C20H21Cl2NO6. The number of ether oxygens (including phenoxy) is 4. The summed E-state index contributed by atoms with van der Waals surface area (Å²) in [5, 5.41) is 3.54. The number of halogens is 2. The van der Waals surface area contributed by atoms with E-state index < -0.39 is 18.5 Å². The Hall–Kier alpha value is -2.64. The first-order chi connectivity index (χ1) is 13.8. The van der Waals surface area contributed by atoms with Gasteiger partial charge in [0.1, 0.15) is 0 Å². The fourth-order valence-corrected chi connectivity index (χ4v) is 2.87. The maximum Gasteiger partial charge on any atom is 0.338 e. The number of nitrogens with one attached hydrogen (secondary N) is 1. The van der Waals surface area contributed by atoms with Crippen molar-refractivity contribution < 1.29 is 28.5 Å².